The Hall–Kier alpha value is -2.24. The maximum atomic E-state index is 5.83. The first-order chi connectivity index (χ1) is 9.15. The maximum Gasteiger partial charge on any atom is 0.239 e. The fourth-order valence-corrected chi connectivity index (χ4v) is 1.48. The summed E-state index contributed by atoms with van der Waals surface area (Å²) in [5.41, 5.74) is 7.37. The number of nitrogens with zero attached hydrogens (tertiary/aromatic N) is 2. The average Bonchev–Trinajstić information content (AvgIpc) is 2.89. The number of nitrogens with one attached hydrogen (secondary N) is 2. The zero-order valence-corrected chi connectivity index (χ0v) is 11.2. The predicted molar refractivity (Wildman–Crippen MR) is 74.9 cm³/mol. The van der Waals surface area contributed by atoms with Gasteiger partial charge in [-0.2, -0.15) is 4.98 Å². The third-order valence-electron chi connectivity index (χ3n) is 2.46. The molecule has 6 heteroatoms. The standard InChI is InChI=1S/C13H19N5O/c1-9(2)7-19-13-11(14)3-4-12(18-13)16-6-10-5-15-8-17-10/h3-5,8-9H,6-7,14H2,1-2H3,(H,15,17)(H,16,18). The predicted octanol–water partition coefficient (Wildman–Crippen LogP) is 2.03. The van der Waals surface area contributed by atoms with Crippen LogP contribution in [0.25, 0.3) is 0 Å². The monoisotopic (exact) mass is 261 g/mol. The maximum absolute atomic E-state index is 5.83. The van der Waals surface area contributed by atoms with Gasteiger partial charge in [-0.25, -0.2) is 4.98 Å². The summed E-state index contributed by atoms with van der Waals surface area (Å²) < 4.78 is 5.58. The van der Waals surface area contributed by atoms with E-state index in [1.165, 1.54) is 0 Å². The van der Waals surface area contributed by atoms with Gasteiger partial charge in [-0.3, -0.25) is 0 Å². The van der Waals surface area contributed by atoms with Crippen LogP contribution in [0.2, 0.25) is 0 Å². The molecule has 2 aromatic rings. The van der Waals surface area contributed by atoms with Gasteiger partial charge in [0.15, 0.2) is 0 Å². The Morgan fingerprint density at radius 1 is 1.42 bits per heavy atom. The van der Waals surface area contributed by atoms with Crippen LogP contribution in [-0.4, -0.2) is 21.6 Å². The fourth-order valence-electron chi connectivity index (χ4n) is 1.48. The number of H-pyrrole nitrogens is 1. The molecule has 2 aromatic heterocycles. The first kappa shape index (κ1) is 13.2. The molecule has 2 heterocycles. The third-order valence-corrected chi connectivity index (χ3v) is 2.46. The van der Waals surface area contributed by atoms with Crippen molar-refractivity contribution in [3.8, 4) is 5.88 Å². The van der Waals surface area contributed by atoms with E-state index in [2.05, 4.69) is 34.1 Å². The van der Waals surface area contributed by atoms with Crippen LogP contribution in [0.4, 0.5) is 11.5 Å². The van der Waals surface area contributed by atoms with Crippen molar-refractivity contribution in [2.75, 3.05) is 17.7 Å². The molecule has 0 aliphatic carbocycles. The highest BCUT2D eigenvalue weighted by Crippen LogP contribution is 2.21. The van der Waals surface area contributed by atoms with Crippen LogP contribution in [0.1, 0.15) is 19.5 Å². The Kier molecular flexibility index (Phi) is 4.22. The number of hydrogen-bond donors (Lipinski definition) is 3. The molecule has 0 aliphatic rings. The van der Waals surface area contributed by atoms with E-state index in [4.69, 9.17) is 10.5 Å². The fraction of sp³-hybridized carbons (Fsp3) is 0.385. The van der Waals surface area contributed by atoms with E-state index in [1.807, 2.05) is 6.07 Å². The molecule has 4 N–H and O–H groups in total. The molecule has 0 aromatic carbocycles. The largest absolute Gasteiger partial charge is 0.476 e. The summed E-state index contributed by atoms with van der Waals surface area (Å²) in [7, 11) is 0. The Balaban J connectivity index is 1.99. The van der Waals surface area contributed by atoms with E-state index < -0.39 is 0 Å². The molecule has 0 bridgehead atoms. The number of pyridine rings is 1. The molecule has 6 nitrogen and oxygen atoms in total. The lowest BCUT2D eigenvalue weighted by molar-refractivity contribution is 0.263. The van der Waals surface area contributed by atoms with Crippen molar-refractivity contribution < 1.29 is 4.74 Å². The number of nitrogen functional groups attached to an aromatic ring is 1. The molecule has 0 aliphatic heterocycles. The van der Waals surface area contributed by atoms with Crippen LogP contribution in [0, 0.1) is 5.92 Å². The quantitative estimate of drug-likeness (QED) is 0.740. The van der Waals surface area contributed by atoms with Crippen molar-refractivity contribution >= 4 is 11.5 Å². The molecule has 0 saturated carbocycles. The highest BCUT2D eigenvalue weighted by molar-refractivity contribution is 5.53. The van der Waals surface area contributed by atoms with Gasteiger partial charge < -0.3 is 20.8 Å². The van der Waals surface area contributed by atoms with Gasteiger partial charge in [-0.05, 0) is 18.1 Å². The summed E-state index contributed by atoms with van der Waals surface area (Å²) in [5, 5.41) is 3.18. The molecular formula is C13H19N5O. The van der Waals surface area contributed by atoms with Crippen molar-refractivity contribution in [2.24, 2.45) is 5.92 Å². The summed E-state index contributed by atoms with van der Waals surface area (Å²) >= 11 is 0. The molecule has 0 unspecified atom stereocenters. The van der Waals surface area contributed by atoms with E-state index in [9.17, 15) is 0 Å². The number of imidazole rings is 1. The number of hydrogen-bond acceptors (Lipinski definition) is 5. The van der Waals surface area contributed by atoms with Gasteiger partial charge in [0, 0.05) is 6.20 Å². The van der Waals surface area contributed by atoms with Gasteiger partial charge in [0.1, 0.15) is 5.82 Å². The minimum absolute atomic E-state index is 0.433. The van der Waals surface area contributed by atoms with Crippen molar-refractivity contribution in [3.05, 3.63) is 30.4 Å². The van der Waals surface area contributed by atoms with Gasteiger partial charge >= 0.3 is 0 Å². The molecule has 0 saturated heterocycles. The SMILES string of the molecule is CC(C)COc1nc(NCc2cnc[nH]2)ccc1N. The lowest BCUT2D eigenvalue weighted by atomic mass is 10.2. The number of nitrogens with two attached hydrogens (primary N) is 1. The Bertz CT molecular complexity index is 510. The van der Waals surface area contributed by atoms with Crippen LogP contribution in [0.15, 0.2) is 24.7 Å². The number of anilines is 2. The first-order valence-electron chi connectivity index (χ1n) is 6.25. The van der Waals surface area contributed by atoms with E-state index in [1.54, 1.807) is 18.6 Å². The van der Waals surface area contributed by atoms with Gasteiger partial charge in [0.05, 0.1) is 30.9 Å². The van der Waals surface area contributed by atoms with Crippen LogP contribution >= 0.6 is 0 Å². The smallest absolute Gasteiger partial charge is 0.239 e. The van der Waals surface area contributed by atoms with Crippen LogP contribution in [0.5, 0.6) is 5.88 Å². The molecule has 0 atom stereocenters. The Morgan fingerprint density at radius 2 is 2.26 bits per heavy atom. The number of aromatic nitrogens is 3. The normalized spacial score (nSPS) is 10.7. The average molecular weight is 261 g/mol. The molecule has 0 fully saturated rings. The Labute approximate surface area is 112 Å². The number of aromatic amines is 1. The van der Waals surface area contributed by atoms with Crippen LogP contribution in [-0.2, 0) is 6.54 Å². The first-order valence-corrected chi connectivity index (χ1v) is 6.25. The molecule has 0 radical (unpaired) electrons. The third kappa shape index (κ3) is 3.87. The summed E-state index contributed by atoms with van der Waals surface area (Å²) in [6.45, 7) is 5.38. The van der Waals surface area contributed by atoms with E-state index in [0.29, 0.717) is 30.6 Å². The summed E-state index contributed by atoms with van der Waals surface area (Å²) in [6, 6.07) is 3.62. The summed E-state index contributed by atoms with van der Waals surface area (Å²) in [4.78, 5) is 11.3. The summed E-state index contributed by atoms with van der Waals surface area (Å²) in [6.07, 6.45) is 3.41. The minimum atomic E-state index is 0.433. The molecule has 2 rings (SSSR count). The van der Waals surface area contributed by atoms with Crippen LogP contribution < -0.4 is 15.8 Å². The van der Waals surface area contributed by atoms with Crippen molar-refractivity contribution in [2.45, 2.75) is 20.4 Å². The minimum Gasteiger partial charge on any atom is -0.476 e. The zero-order chi connectivity index (χ0) is 13.7. The number of rotatable bonds is 6. The van der Waals surface area contributed by atoms with Crippen molar-refractivity contribution in [1.29, 1.82) is 0 Å². The van der Waals surface area contributed by atoms with E-state index >= 15 is 0 Å². The molecular weight excluding hydrogens is 242 g/mol. The number of ether oxygens (including phenoxy) is 1. The van der Waals surface area contributed by atoms with Crippen molar-refractivity contribution in [3.63, 3.8) is 0 Å². The molecule has 0 amide bonds. The second-order valence-corrected chi connectivity index (χ2v) is 4.73. The van der Waals surface area contributed by atoms with Crippen molar-refractivity contribution in [1.82, 2.24) is 15.0 Å². The second kappa shape index (κ2) is 6.08. The molecule has 0 spiro atoms. The summed E-state index contributed by atoms with van der Waals surface area (Å²) in [5.74, 6) is 1.63. The Morgan fingerprint density at radius 3 is 2.95 bits per heavy atom. The van der Waals surface area contributed by atoms with Gasteiger partial charge in [0.25, 0.3) is 0 Å². The molecule has 102 valence electrons. The topological polar surface area (TPSA) is 88.8 Å². The molecule has 19 heavy (non-hydrogen) atoms. The van der Waals surface area contributed by atoms with E-state index in [-0.39, 0.29) is 0 Å². The van der Waals surface area contributed by atoms with Gasteiger partial charge in [0.2, 0.25) is 5.88 Å². The van der Waals surface area contributed by atoms with E-state index in [0.717, 1.165) is 11.5 Å². The second-order valence-electron chi connectivity index (χ2n) is 4.73. The van der Waals surface area contributed by atoms with Gasteiger partial charge in [-0.15, -0.1) is 0 Å². The highest BCUT2D eigenvalue weighted by Gasteiger charge is 2.06. The lowest BCUT2D eigenvalue weighted by Crippen LogP contribution is -2.09. The lowest BCUT2D eigenvalue weighted by Gasteiger charge is -2.11. The van der Waals surface area contributed by atoms with Gasteiger partial charge in [-0.1, -0.05) is 13.8 Å². The highest BCUT2D eigenvalue weighted by atomic mass is 16.5. The van der Waals surface area contributed by atoms with Crippen LogP contribution in [0.3, 0.4) is 0 Å². The zero-order valence-electron chi connectivity index (χ0n) is 11.2.